The topological polar surface area (TPSA) is 74.6 Å². The summed E-state index contributed by atoms with van der Waals surface area (Å²) in [6, 6.07) is 4.05. The maximum atomic E-state index is 12.2. The summed E-state index contributed by atoms with van der Waals surface area (Å²) in [5.74, 6) is -1.58. The third kappa shape index (κ3) is 13.5. The number of aromatic hydroxyl groups is 1. The minimum absolute atomic E-state index is 0. The number of rotatable bonds is 18. The number of hydrogen-bond acceptors (Lipinski definition) is 3. The minimum Gasteiger partial charge on any atom is -1.00 e. The molecule has 1 rings (SSSR count). The molecule has 0 aliphatic carbocycles. The summed E-state index contributed by atoms with van der Waals surface area (Å²) in [6.45, 7) is 2.26. The van der Waals surface area contributed by atoms with Gasteiger partial charge in [0.25, 0.3) is 0 Å². The van der Waals surface area contributed by atoms with Gasteiger partial charge in [0.1, 0.15) is 11.3 Å². The molecule has 1 aromatic carbocycles. The summed E-state index contributed by atoms with van der Waals surface area (Å²) < 4.78 is 0. The zero-order chi connectivity index (χ0) is 21.3. The van der Waals surface area contributed by atoms with Gasteiger partial charge in [-0.05, 0) is 24.6 Å². The average Bonchev–Trinajstić information content (AvgIpc) is 2.70. The predicted octanol–water partition coefficient (Wildman–Crippen LogP) is 4.65. The summed E-state index contributed by atoms with van der Waals surface area (Å²) in [4.78, 5) is 23.2. The second kappa shape index (κ2) is 18.9. The van der Waals surface area contributed by atoms with Crippen LogP contribution in [0.2, 0.25) is 0 Å². The van der Waals surface area contributed by atoms with Gasteiger partial charge in [-0.15, -0.1) is 0 Å². The van der Waals surface area contributed by atoms with Crippen LogP contribution in [0.4, 0.5) is 0 Å². The van der Waals surface area contributed by atoms with Crippen LogP contribution in [0.15, 0.2) is 18.2 Å². The first-order chi connectivity index (χ1) is 14.1. The Morgan fingerprint density at radius 2 is 1.20 bits per heavy atom. The smallest absolute Gasteiger partial charge is 1.00 e. The van der Waals surface area contributed by atoms with E-state index in [1.165, 1.54) is 95.2 Å². The predicted molar refractivity (Wildman–Crippen MR) is 120 cm³/mol. The molecule has 0 aliphatic rings. The molecular formula is C25H41NaO4. The molecule has 0 heterocycles. The van der Waals surface area contributed by atoms with Crippen molar-refractivity contribution in [1.82, 2.24) is 0 Å². The largest absolute Gasteiger partial charge is 1.00 e. The van der Waals surface area contributed by atoms with Crippen LogP contribution in [-0.2, 0) is 0 Å². The molecule has 0 radical (unpaired) electrons. The van der Waals surface area contributed by atoms with Gasteiger partial charge in [0.2, 0.25) is 0 Å². The van der Waals surface area contributed by atoms with Gasteiger partial charge < -0.3 is 11.6 Å². The minimum atomic E-state index is -1.22. The molecule has 0 bridgehead atoms. The van der Waals surface area contributed by atoms with Crippen molar-refractivity contribution in [2.45, 2.75) is 110 Å². The average molecular weight is 429 g/mol. The standard InChI is InChI=1S/C25H40O4.Na.H/c1-2-3-4-5-6-7-8-9-10-11-12-13-14-15-16-17-23(26)21-18-19-24(27)22(20-21)25(28)29;;/h18-20,27H,2-17H2,1H3,(H,28,29);;/q;+1;-1. The summed E-state index contributed by atoms with van der Waals surface area (Å²) in [5.41, 5.74) is 0.151. The molecule has 166 valence electrons. The Morgan fingerprint density at radius 3 is 1.63 bits per heavy atom. The van der Waals surface area contributed by atoms with Crippen molar-refractivity contribution in [3.63, 3.8) is 0 Å². The van der Waals surface area contributed by atoms with Gasteiger partial charge >= 0.3 is 35.5 Å². The van der Waals surface area contributed by atoms with Crippen molar-refractivity contribution in [3.8, 4) is 5.75 Å². The van der Waals surface area contributed by atoms with E-state index in [1.54, 1.807) is 0 Å². The molecule has 30 heavy (non-hydrogen) atoms. The number of ketones is 1. The number of carbonyl (C=O) groups is 2. The van der Waals surface area contributed by atoms with Crippen molar-refractivity contribution in [3.05, 3.63) is 29.3 Å². The van der Waals surface area contributed by atoms with E-state index < -0.39 is 5.97 Å². The number of benzene rings is 1. The van der Waals surface area contributed by atoms with E-state index in [2.05, 4.69) is 6.92 Å². The molecule has 0 aromatic heterocycles. The summed E-state index contributed by atoms with van der Waals surface area (Å²) in [6.07, 6.45) is 19.7. The van der Waals surface area contributed by atoms with Gasteiger partial charge in [-0.1, -0.05) is 96.8 Å². The SMILES string of the molecule is CCCCCCCCCCCCCCCCCC(=O)c1ccc(O)c(C(=O)O)c1.[H-].[Na+]. The van der Waals surface area contributed by atoms with Crippen LogP contribution in [0.1, 0.15) is 132 Å². The first-order valence-corrected chi connectivity index (χ1v) is 11.7. The second-order valence-electron chi connectivity index (χ2n) is 8.16. The molecule has 4 nitrogen and oxygen atoms in total. The van der Waals surface area contributed by atoms with E-state index in [-0.39, 0.29) is 48.1 Å². The van der Waals surface area contributed by atoms with E-state index in [9.17, 15) is 14.7 Å². The maximum Gasteiger partial charge on any atom is 1.00 e. The fourth-order valence-corrected chi connectivity index (χ4v) is 3.68. The number of unbranched alkanes of at least 4 members (excludes halogenated alkanes) is 14. The first-order valence-electron chi connectivity index (χ1n) is 11.7. The molecule has 5 heteroatoms. The summed E-state index contributed by atoms with van der Waals surface area (Å²) in [5, 5.41) is 18.5. The van der Waals surface area contributed by atoms with Crippen LogP contribution in [0, 0.1) is 0 Å². The van der Waals surface area contributed by atoms with Crippen molar-refractivity contribution in [2.24, 2.45) is 0 Å². The normalized spacial score (nSPS) is 10.6. The van der Waals surface area contributed by atoms with Crippen LogP contribution in [0.5, 0.6) is 5.75 Å². The second-order valence-corrected chi connectivity index (χ2v) is 8.16. The molecule has 0 unspecified atom stereocenters. The van der Waals surface area contributed by atoms with Gasteiger partial charge in [0, 0.05) is 12.0 Å². The fraction of sp³-hybridized carbons (Fsp3) is 0.680. The van der Waals surface area contributed by atoms with Crippen molar-refractivity contribution >= 4 is 11.8 Å². The molecule has 0 atom stereocenters. The van der Waals surface area contributed by atoms with E-state index in [0.717, 1.165) is 19.3 Å². The van der Waals surface area contributed by atoms with E-state index in [0.29, 0.717) is 12.0 Å². The molecule has 2 N–H and O–H groups in total. The summed E-state index contributed by atoms with van der Waals surface area (Å²) >= 11 is 0. The Hall–Kier alpha value is -0.840. The quantitative estimate of drug-likeness (QED) is 0.203. The third-order valence-electron chi connectivity index (χ3n) is 5.56. The van der Waals surface area contributed by atoms with Crippen molar-refractivity contribution in [2.75, 3.05) is 0 Å². The van der Waals surface area contributed by atoms with E-state index >= 15 is 0 Å². The fourth-order valence-electron chi connectivity index (χ4n) is 3.68. The van der Waals surface area contributed by atoms with Gasteiger partial charge in [-0.2, -0.15) is 0 Å². The van der Waals surface area contributed by atoms with Crippen LogP contribution in [-0.4, -0.2) is 22.0 Å². The van der Waals surface area contributed by atoms with E-state index in [1.807, 2.05) is 0 Å². The molecule has 0 fully saturated rings. The number of carbonyl (C=O) groups excluding carboxylic acids is 1. The number of Topliss-reactive ketones (excluding diaryl/α,β-unsaturated/α-hetero) is 1. The molecule has 0 amide bonds. The number of aromatic carboxylic acids is 1. The Morgan fingerprint density at radius 1 is 0.767 bits per heavy atom. The summed E-state index contributed by atoms with van der Waals surface area (Å²) in [7, 11) is 0. The zero-order valence-corrected chi connectivity index (χ0v) is 21.3. The Bertz CT molecular complexity index is 607. The van der Waals surface area contributed by atoms with Crippen molar-refractivity contribution in [1.29, 1.82) is 0 Å². The van der Waals surface area contributed by atoms with Crippen LogP contribution < -0.4 is 29.6 Å². The van der Waals surface area contributed by atoms with Gasteiger partial charge in [0.15, 0.2) is 5.78 Å². The van der Waals surface area contributed by atoms with E-state index in [4.69, 9.17) is 5.11 Å². The number of hydrogen-bond donors (Lipinski definition) is 2. The first kappa shape index (κ1) is 29.2. The Kier molecular flexibility index (Phi) is 18.4. The number of carboxylic acid groups (broad SMARTS) is 1. The van der Waals surface area contributed by atoms with Gasteiger partial charge in [-0.25, -0.2) is 4.79 Å². The van der Waals surface area contributed by atoms with Crippen LogP contribution >= 0.6 is 0 Å². The van der Waals surface area contributed by atoms with Gasteiger partial charge in [-0.3, -0.25) is 4.79 Å². The Balaban J connectivity index is 0. The van der Waals surface area contributed by atoms with Gasteiger partial charge in [0.05, 0.1) is 0 Å². The molecule has 0 spiro atoms. The van der Waals surface area contributed by atoms with Crippen molar-refractivity contribution < 1.29 is 50.8 Å². The third-order valence-corrected chi connectivity index (χ3v) is 5.56. The zero-order valence-electron chi connectivity index (χ0n) is 20.3. The molecular weight excluding hydrogens is 387 g/mol. The molecule has 1 aromatic rings. The molecule has 0 saturated carbocycles. The maximum absolute atomic E-state index is 12.2. The number of phenols is 1. The molecule has 0 saturated heterocycles. The monoisotopic (exact) mass is 428 g/mol. The molecule has 0 aliphatic heterocycles. The van der Waals surface area contributed by atoms with Crippen LogP contribution in [0.25, 0.3) is 0 Å². The van der Waals surface area contributed by atoms with Crippen LogP contribution in [0.3, 0.4) is 0 Å². The Labute approximate surface area is 206 Å². The number of carboxylic acids is 1.